The maximum atomic E-state index is 7.06. The fraction of sp³-hybridized carbons (Fsp3) is 0.125. The van der Waals surface area contributed by atoms with Crippen LogP contribution >= 0.6 is 11.1 Å². The van der Waals surface area contributed by atoms with E-state index in [0.29, 0.717) is 0 Å². The van der Waals surface area contributed by atoms with Crippen LogP contribution < -0.4 is 10.4 Å². The van der Waals surface area contributed by atoms with Crippen molar-refractivity contribution in [2.24, 2.45) is 0 Å². The highest BCUT2D eigenvalue weighted by atomic mass is 35.6. The predicted molar refractivity (Wildman–Crippen MR) is 83.4 cm³/mol. The monoisotopic (exact) mass is 272 g/mol. The van der Waals surface area contributed by atoms with Crippen LogP contribution in [-0.4, -0.2) is 7.38 Å². The molecule has 0 saturated carbocycles. The normalized spacial score (nSPS) is 11.9. The van der Waals surface area contributed by atoms with Crippen molar-refractivity contribution in [3.8, 4) is 0 Å². The quantitative estimate of drug-likeness (QED) is 0.454. The zero-order valence-electron chi connectivity index (χ0n) is 10.5. The third-order valence-corrected chi connectivity index (χ3v) is 8.16. The lowest BCUT2D eigenvalue weighted by atomic mass is 10.4. The average molecular weight is 273 g/mol. The molecule has 0 aliphatic carbocycles. The molecule has 0 saturated heterocycles. The number of rotatable bonds is 4. The first-order chi connectivity index (χ1) is 8.77. The summed E-state index contributed by atoms with van der Waals surface area (Å²) in [6.45, 7) is 2.04. The number of halogens is 1. The third-order valence-electron chi connectivity index (χ3n) is 3.10. The molecule has 0 heterocycles. The average Bonchev–Trinajstić information content (AvgIpc) is 2.46. The van der Waals surface area contributed by atoms with E-state index in [4.69, 9.17) is 11.1 Å². The van der Waals surface area contributed by atoms with Crippen LogP contribution in [0.15, 0.2) is 72.8 Å². The van der Waals surface area contributed by atoms with E-state index in [1.54, 1.807) is 0 Å². The largest absolute Gasteiger partial charge is 0.221 e. The molecule has 0 amide bonds. The highest BCUT2D eigenvalue weighted by Gasteiger charge is 2.33. The maximum Gasteiger partial charge on any atom is 0.221 e. The Labute approximate surface area is 115 Å². The van der Waals surface area contributed by atoms with Crippen molar-refractivity contribution in [2.45, 2.75) is 13.0 Å². The molecule has 18 heavy (non-hydrogen) atoms. The van der Waals surface area contributed by atoms with Crippen molar-refractivity contribution in [3.05, 3.63) is 72.8 Å². The molecule has 0 unspecified atom stereocenters. The van der Waals surface area contributed by atoms with Gasteiger partial charge in [-0.15, -0.1) is 0 Å². The number of allylic oxidation sites excluding steroid dienone is 2. The lowest BCUT2D eigenvalue weighted by Gasteiger charge is -2.24. The Bertz CT molecular complexity index is 466. The van der Waals surface area contributed by atoms with Crippen LogP contribution in [0.1, 0.15) is 6.92 Å². The number of benzene rings is 2. The Morgan fingerprint density at radius 2 is 1.33 bits per heavy atom. The standard InChI is InChI=1S/C16H17ClSi/c1-2-3-14-18(17,15-10-6-4-7-11-15)16-12-8-5-9-13-16/h2-13H,14H2,1H3. The van der Waals surface area contributed by atoms with Crippen LogP contribution in [0.25, 0.3) is 0 Å². The summed E-state index contributed by atoms with van der Waals surface area (Å²) in [6, 6.07) is 21.9. The molecule has 2 aromatic carbocycles. The van der Waals surface area contributed by atoms with E-state index in [9.17, 15) is 0 Å². The van der Waals surface area contributed by atoms with Crippen molar-refractivity contribution in [2.75, 3.05) is 0 Å². The van der Waals surface area contributed by atoms with Crippen LogP contribution in [0.4, 0.5) is 0 Å². The van der Waals surface area contributed by atoms with Crippen LogP contribution in [-0.2, 0) is 0 Å². The first-order valence-electron chi connectivity index (χ1n) is 6.18. The van der Waals surface area contributed by atoms with Crippen molar-refractivity contribution >= 4 is 28.8 Å². The minimum Gasteiger partial charge on any atom is -0.154 e. The van der Waals surface area contributed by atoms with Gasteiger partial charge in [-0.1, -0.05) is 72.8 Å². The van der Waals surface area contributed by atoms with Gasteiger partial charge in [0.25, 0.3) is 0 Å². The van der Waals surface area contributed by atoms with Gasteiger partial charge < -0.3 is 0 Å². The molecule has 0 spiro atoms. The molecule has 0 N–H and O–H groups in total. The molecule has 2 rings (SSSR count). The van der Waals surface area contributed by atoms with Gasteiger partial charge in [0.05, 0.1) is 0 Å². The number of hydrogen-bond donors (Lipinski definition) is 0. The Kier molecular flexibility index (Phi) is 4.40. The Morgan fingerprint density at radius 1 is 0.889 bits per heavy atom. The van der Waals surface area contributed by atoms with Gasteiger partial charge in [-0.2, -0.15) is 11.1 Å². The summed E-state index contributed by atoms with van der Waals surface area (Å²) in [4.78, 5) is 0. The third kappa shape index (κ3) is 2.74. The fourth-order valence-electron chi connectivity index (χ4n) is 2.09. The Hall–Kier alpha value is -1.31. The SMILES string of the molecule is CC=CC[Si](Cl)(c1ccccc1)c1ccccc1. The van der Waals surface area contributed by atoms with Gasteiger partial charge in [0, 0.05) is 0 Å². The van der Waals surface area contributed by atoms with Gasteiger partial charge in [-0.25, -0.2) is 0 Å². The summed E-state index contributed by atoms with van der Waals surface area (Å²) in [6.07, 6.45) is 4.26. The minimum atomic E-state index is -2.14. The van der Waals surface area contributed by atoms with E-state index >= 15 is 0 Å². The molecule has 0 aromatic heterocycles. The van der Waals surface area contributed by atoms with Gasteiger partial charge in [0.1, 0.15) is 0 Å². The molecular formula is C16H17ClSi. The molecule has 0 bridgehead atoms. The summed E-state index contributed by atoms with van der Waals surface area (Å²) in [5, 5.41) is 2.55. The van der Waals surface area contributed by atoms with E-state index < -0.39 is 7.38 Å². The first-order valence-corrected chi connectivity index (χ1v) is 9.40. The van der Waals surface area contributed by atoms with Crippen LogP contribution in [0.5, 0.6) is 0 Å². The van der Waals surface area contributed by atoms with Crippen LogP contribution in [0.2, 0.25) is 6.04 Å². The zero-order chi connectivity index (χ0) is 12.8. The van der Waals surface area contributed by atoms with E-state index in [-0.39, 0.29) is 0 Å². The lowest BCUT2D eigenvalue weighted by molar-refractivity contribution is 1.56. The van der Waals surface area contributed by atoms with Gasteiger partial charge >= 0.3 is 0 Å². The molecule has 2 aromatic rings. The lowest BCUT2D eigenvalue weighted by Crippen LogP contribution is -2.53. The molecule has 0 radical (unpaired) electrons. The van der Waals surface area contributed by atoms with E-state index in [0.717, 1.165) is 6.04 Å². The van der Waals surface area contributed by atoms with Gasteiger partial charge in [0.15, 0.2) is 0 Å². The second kappa shape index (κ2) is 6.03. The minimum absolute atomic E-state index is 0.930. The van der Waals surface area contributed by atoms with Crippen molar-refractivity contribution in [1.82, 2.24) is 0 Å². The summed E-state index contributed by atoms with van der Waals surface area (Å²) in [5.41, 5.74) is 0. The Morgan fingerprint density at radius 3 is 1.72 bits per heavy atom. The second-order valence-electron chi connectivity index (χ2n) is 4.31. The summed E-state index contributed by atoms with van der Waals surface area (Å²) in [5.74, 6) is 0. The van der Waals surface area contributed by atoms with E-state index in [1.807, 2.05) is 19.1 Å². The first kappa shape index (κ1) is 13.1. The van der Waals surface area contributed by atoms with Crippen molar-refractivity contribution in [3.63, 3.8) is 0 Å². The molecule has 0 nitrogen and oxygen atoms in total. The molecule has 92 valence electrons. The zero-order valence-corrected chi connectivity index (χ0v) is 12.3. The molecule has 0 fully saturated rings. The summed E-state index contributed by atoms with van der Waals surface area (Å²) >= 11 is 7.06. The van der Waals surface area contributed by atoms with Crippen molar-refractivity contribution < 1.29 is 0 Å². The smallest absolute Gasteiger partial charge is 0.154 e. The van der Waals surface area contributed by atoms with Crippen LogP contribution in [0, 0.1) is 0 Å². The highest BCUT2D eigenvalue weighted by Crippen LogP contribution is 2.16. The molecule has 2 heteroatoms. The topological polar surface area (TPSA) is 0 Å². The summed E-state index contributed by atoms with van der Waals surface area (Å²) in [7, 11) is -2.14. The highest BCUT2D eigenvalue weighted by molar-refractivity contribution is 7.34. The van der Waals surface area contributed by atoms with Crippen molar-refractivity contribution in [1.29, 1.82) is 0 Å². The second-order valence-corrected chi connectivity index (χ2v) is 9.41. The van der Waals surface area contributed by atoms with Gasteiger partial charge in [0.2, 0.25) is 7.38 Å². The predicted octanol–water partition coefficient (Wildman–Crippen LogP) is 3.56. The molecular weight excluding hydrogens is 256 g/mol. The van der Waals surface area contributed by atoms with Gasteiger partial charge in [-0.3, -0.25) is 0 Å². The van der Waals surface area contributed by atoms with E-state index in [2.05, 4.69) is 60.7 Å². The molecule has 0 aliphatic rings. The van der Waals surface area contributed by atoms with E-state index in [1.165, 1.54) is 10.4 Å². The molecule has 0 aliphatic heterocycles. The van der Waals surface area contributed by atoms with Gasteiger partial charge in [-0.05, 0) is 23.3 Å². The fourth-order valence-corrected chi connectivity index (χ4v) is 5.92. The Balaban J connectivity index is 2.47. The maximum absolute atomic E-state index is 7.06. The van der Waals surface area contributed by atoms with Crippen LogP contribution in [0.3, 0.4) is 0 Å². The number of hydrogen-bond acceptors (Lipinski definition) is 0. The summed E-state index contributed by atoms with van der Waals surface area (Å²) < 4.78 is 0. The molecule has 0 atom stereocenters.